The molecule has 1 aromatic heterocycles. The highest BCUT2D eigenvalue weighted by atomic mass is 79.9. The molecule has 0 saturated heterocycles. The number of carbonyl (C=O) groups excluding carboxylic acids is 1. The predicted molar refractivity (Wildman–Crippen MR) is 66.7 cm³/mol. The van der Waals surface area contributed by atoms with Gasteiger partial charge in [0.05, 0.1) is 6.04 Å². The molecule has 6 heteroatoms. The van der Waals surface area contributed by atoms with Gasteiger partial charge in [0.2, 0.25) is 0 Å². The number of aromatic nitrogens is 1. The van der Waals surface area contributed by atoms with Crippen LogP contribution in [0.15, 0.2) is 22.8 Å². The number of carbonyl (C=O) groups is 1. The van der Waals surface area contributed by atoms with Crippen LogP contribution in [0.25, 0.3) is 0 Å². The van der Waals surface area contributed by atoms with Crippen molar-refractivity contribution in [3.05, 3.63) is 28.5 Å². The number of pyridine rings is 1. The van der Waals surface area contributed by atoms with E-state index in [9.17, 15) is 4.79 Å². The van der Waals surface area contributed by atoms with Gasteiger partial charge in [-0.3, -0.25) is 4.79 Å². The van der Waals surface area contributed by atoms with Crippen molar-refractivity contribution in [3.8, 4) is 0 Å². The summed E-state index contributed by atoms with van der Waals surface area (Å²) in [6.45, 7) is 1.80. The third-order valence-electron chi connectivity index (χ3n) is 2.18. The van der Waals surface area contributed by atoms with Crippen molar-refractivity contribution in [2.75, 3.05) is 14.2 Å². The van der Waals surface area contributed by atoms with Crippen LogP contribution >= 0.6 is 15.9 Å². The van der Waals surface area contributed by atoms with Crippen LogP contribution in [0.5, 0.6) is 0 Å². The molecule has 0 aliphatic carbocycles. The number of methoxy groups -OCH3 is 2. The van der Waals surface area contributed by atoms with E-state index in [0.29, 0.717) is 10.3 Å². The molecule has 1 N–H and O–H groups in total. The molecule has 0 fully saturated rings. The second kappa shape index (κ2) is 6.68. The minimum Gasteiger partial charge on any atom is -0.354 e. The molecule has 0 aliphatic rings. The van der Waals surface area contributed by atoms with Gasteiger partial charge in [-0.15, -0.1) is 0 Å². The van der Waals surface area contributed by atoms with Crippen LogP contribution in [0.3, 0.4) is 0 Å². The van der Waals surface area contributed by atoms with E-state index in [1.165, 1.54) is 14.2 Å². The van der Waals surface area contributed by atoms with E-state index < -0.39 is 6.29 Å². The Morgan fingerprint density at radius 3 is 2.59 bits per heavy atom. The lowest BCUT2D eigenvalue weighted by atomic mass is 10.3. The van der Waals surface area contributed by atoms with Crippen LogP contribution in [-0.2, 0) is 9.47 Å². The van der Waals surface area contributed by atoms with Gasteiger partial charge in [-0.25, -0.2) is 4.98 Å². The van der Waals surface area contributed by atoms with Crippen molar-refractivity contribution in [2.45, 2.75) is 19.3 Å². The summed E-state index contributed by atoms with van der Waals surface area (Å²) in [6, 6.07) is 4.88. The van der Waals surface area contributed by atoms with Crippen molar-refractivity contribution in [2.24, 2.45) is 0 Å². The lowest BCUT2D eigenvalue weighted by molar-refractivity contribution is -0.117. The molecule has 1 unspecified atom stereocenters. The average Bonchev–Trinajstić information content (AvgIpc) is 2.30. The molecule has 5 nitrogen and oxygen atoms in total. The van der Waals surface area contributed by atoms with Crippen molar-refractivity contribution < 1.29 is 14.3 Å². The number of nitrogens with zero attached hydrogens (tertiary/aromatic N) is 1. The van der Waals surface area contributed by atoms with E-state index in [4.69, 9.17) is 9.47 Å². The Morgan fingerprint density at radius 2 is 2.06 bits per heavy atom. The van der Waals surface area contributed by atoms with Gasteiger partial charge in [0.25, 0.3) is 5.91 Å². The van der Waals surface area contributed by atoms with Crippen molar-refractivity contribution >= 4 is 21.8 Å². The molecule has 0 radical (unpaired) electrons. The molecule has 1 aromatic rings. The highest BCUT2D eigenvalue weighted by Crippen LogP contribution is 2.07. The summed E-state index contributed by atoms with van der Waals surface area (Å²) >= 11 is 3.21. The van der Waals surface area contributed by atoms with Crippen LogP contribution in [-0.4, -0.2) is 37.4 Å². The normalized spacial score (nSPS) is 12.5. The van der Waals surface area contributed by atoms with E-state index in [2.05, 4.69) is 26.2 Å². The van der Waals surface area contributed by atoms with E-state index >= 15 is 0 Å². The Kier molecular flexibility index (Phi) is 5.54. The van der Waals surface area contributed by atoms with Gasteiger partial charge in [-0.1, -0.05) is 6.07 Å². The quantitative estimate of drug-likeness (QED) is 0.663. The fraction of sp³-hybridized carbons (Fsp3) is 0.455. The lowest BCUT2D eigenvalue weighted by Gasteiger charge is -2.21. The molecular formula is C11H15BrN2O3. The minimum atomic E-state index is -0.480. The van der Waals surface area contributed by atoms with E-state index in [-0.39, 0.29) is 11.9 Å². The van der Waals surface area contributed by atoms with Crippen LogP contribution in [0.4, 0.5) is 0 Å². The van der Waals surface area contributed by atoms with Crippen LogP contribution < -0.4 is 5.32 Å². The Balaban J connectivity index is 2.66. The second-order valence-corrected chi connectivity index (χ2v) is 4.26. The standard InChI is InChI=1S/C11H15BrN2O3/c1-7(11(16-2)17-3)13-10(15)8-5-4-6-9(12)14-8/h4-7,11H,1-3H3,(H,13,15). The van der Waals surface area contributed by atoms with Crippen molar-refractivity contribution in [1.82, 2.24) is 10.3 Å². The maximum Gasteiger partial charge on any atom is 0.270 e. The van der Waals surface area contributed by atoms with Crippen LogP contribution in [0, 0.1) is 0 Å². The van der Waals surface area contributed by atoms with Gasteiger partial charge in [0, 0.05) is 14.2 Å². The van der Waals surface area contributed by atoms with Crippen LogP contribution in [0.2, 0.25) is 0 Å². The Hall–Kier alpha value is -0.980. The van der Waals surface area contributed by atoms with Crippen LogP contribution in [0.1, 0.15) is 17.4 Å². The Labute approximate surface area is 109 Å². The minimum absolute atomic E-state index is 0.265. The summed E-state index contributed by atoms with van der Waals surface area (Å²) in [6.07, 6.45) is -0.480. The molecule has 17 heavy (non-hydrogen) atoms. The molecule has 0 spiro atoms. The van der Waals surface area contributed by atoms with Crippen molar-refractivity contribution in [1.29, 1.82) is 0 Å². The fourth-order valence-electron chi connectivity index (χ4n) is 1.39. The molecule has 1 heterocycles. The summed E-state index contributed by atoms with van der Waals surface area (Å²) in [5, 5.41) is 2.75. The number of halogens is 1. The largest absolute Gasteiger partial charge is 0.354 e. The third-order valence-corrected chi connectivity index (χ3v) is 2.62. The lowest BCUT2D eigenvalue weighted by Crippen LogP contribution is -2.43. The molecule has 0 bridgehead atoms. The number of hydrogen-bond acceptors (Lipinski definition) is 4. The zero-order valence-corrected chi connectivity index (χ0v) is 11.5. The maximum absolute atomic E-state index is 11.8. The number of ether oxygens (including phenoxy) is 2. The summed E-state index contributed by atoms with van der Waals surface area (Å²) in [7, 11) is 3.04. The van der Waals surface area contributed by atoms with Gasteiger partial charge in [0.15, 0.2) is 6.29 Å². The number of hydrogen-bond donors (Lipinski definition) is 1. The number of rotatable bonds is 5. The molecule has 1 atom stereocenters. The molecule has 0 aliphatic heterocycles. The highest BCUT2D eigenvalue weighted by Gasteiger charge is 2.19. The zero-order valence-electron chi connectivity index (χ0n) is 9.94. The van der Waals surface area contributed by atoms with Gasteiger partial charge in [-0.2, -0.15) is 0 Å². The molecule has 1 rings (SSSR count). The summed E-state index contributed by atoms with van der Waals surface area (Å²) < 4.78 is 10.7. The first-order chi connectivity index (χ1) is 8.08. The zero-order chi connectivity index (χ0) is 12.8. The molecule has 0 aromatic carbocycles. The summed E-state index contributed by atoms with van der Waals surface area (Å²) in [4.78, 5) is 15.9. The van der Waals surface area contributed by atoms with E-state index in [1.807, 2.05) is 0 Å². The van der Waals surface area contributed by atoms with Gasteiger partial charge in [0.1, 0.15) is 10.3 Å². The average molecular weight is 303 g/mol. The number of nitrogens with one attached hydrogen (secondary N) is 1. The van der Waals surface area contributed by atoms with Gasteiger partial charge in [-0.05, 0) is 35.0 Å². The SMILES string of the molecule is COC(OC)C(C)NC(=O)c1cccc(Br)n1. The first kappa shape index (κ1) is 14.1. The van der Waals surface area contributed by atoms with Gasteiger partial charge < -0.3 is 14.8 Å². The van der Waals surface area contributed by atoms with E-state index in [0.717, 1.165) is 0 Å². The molecular weight excluding hydrogens is 288 g/mol. The monoisotopic (exact) mass is 302 g/mol. The molecule has 0 saturated carbocycles. The van der Waals surface area contributed by atoms with Crippen molar-refractivity contribution in [3.63, 3.8) is 0 Å². The second-order valence-electron chi connectivity index (χ2n) is 3.45. The van der Waals surface area contributed by atoms with Gasteiger partial charge >= 0.3 is 0 Å². The fourth-order valence-corrected chi connectivity index (χ4v) is 1.73. The maximum atomic E-state index is 11.8. The first-order valence-corrected chi connectivity index (χ1v) is 5.86. The molecule has 94 valence electrons. The summed E-state index contributed by atoms with van der Waals surface area (Å²) in [5.74, 6) is -0.266. The predicted octanol–water partition coefficient (Wildman–Crippen LogP) is 1.58. The number of amides is 1. The first-order valence-electron chi connectivity index (χ1n) is 5.07. The highest BCUT2D eigenvalue weighted by molar-refractivity contribution is 9.10. The van der Waals surface area contributed by atoms with E-state index in [1.54, 1.807) is 25.1 Å². The molecule has 1 amide bonds. The Bertz CT molecular complexity index is 383. The summed E-state index contributed by atoms with van der Waals surface area (Å²) in [5.41, 5.74) is 0.345. The topological polar surface area (TPSA) is 60.5 Å². The Morgan fingerprint density at radius 1 is 1.41 bits per heavy atom. The third kappa shape index (κ3) is 4.07. The smallest absolute Gasteiger partial charge is 0.270 e.